The summed E-state index contributed by atoms with van der Waals surface area (Å²) in [5.74, 6) is -3.32. The minimum absolute atomic E-state index is 0.0260. The molecule has 2 N–H and O–H groups in total. The van der Waals surface area contributed by atoms with Crippen LogP contribution in [0.25, 0.3) is 22.3 Å². The van der Waals surface area contributed by atoms with Crippen LogP contribution in [-0.4, -0.2) is 11.1 Å². The number of benzene rings is 3. The highest BCUT2D eigenvalue weighted by atomic mass is 19.2. The van der Waals surface area contributed by atoms with Crippen molar-refractivity contribution in [3.8, 4) is 11.3 Å². The lowest BCUT2D eigenvalue weighted by molar-refractivity contribution is 0.0698. The molecule has 0 amide bonds. The molecule has 0 radical (unpaired) electrons. The van der Waals surface area contributed by atoms with Gasteiger partial charge in [0, 0.05) is 17.3 Å². The Kier molecular flexibility index (Phi) is 5.25. The Labute approximate surface area is 175 Å². The second-order valence-corrected chi connectivity index (χ2v) is 7.02. The molecule has 0 fully saturated rings. The second-order valence-electron chi connectivity index (χ2n) is 7.02. The number of carboxylic acid groups (broad SMARTS) is 1. The second kappa shape index (κ2) is 8.02. The van der Waals surface area contributed by atoms with Crippen LogP contribution in [0, 0.1) is 11.6 Å². The maximum atomic E-state index is 14.9. The molecule has 0 bridgehead atoms. The van der Waals surface area contributed by atoms with Crippen LogP contribution in [-0.2, 0) is 0 Å². The van der Waals surface area contributed by atoms with Crippen molar-refractivity contribution in [2.45, 2.75) is 13.0 Å². The highest BCUT2D eigenvalue weighted by molar-refractivity contribution is 5.94. The summed E-state index contributed by atoms with van der Waals surface area (Å²) in [7, 11) is 0. The summed E-state index contributed by atoms with van der Waals surface area (Å²) in [6.07, 6.45) is 0. The van der Waals surface area contributed by atoms with Crippen LogP contribution in [0.3, 0.4) is 0 Å². The Morgan fingerprint density at radius 1 is 1.03 bits per heavy atom. The molecule has 0 saturated heterocycles. The standard InChI is InChI=1S/C24H17F2NO4/c1-13(27-18-10-6-5-9-15(18)24(29)30)21-22(26)17(25)11-16-19(28)12-20(31-23(16)21)14-7-3-2-4-8-14/h2-13,27H,1H3,(H,29,30)/t13-/m1/s1. The first-order valence-electron chi connectivity index (χ1n) is 9.47. The zero-order valence-corrected chi connectivity index (χ0v) is 16.4. The molecule has 31 heavy (non-hydrogen) atoms. The van der Waals surface area contributed by atoms with Crippen molar-refractivity contribution < 1.29 is 23.1 Å². The summed E-state index contributed by atoms with van der Waals surface area (Å²) in [4.78, 5) is 24.2. The first-order chi connectivity index (χ1) is 14.9. The van der Waals surface area contributed by atoms with Crippen molar-refractivity contribution >= 4 is 22.6 Å². The van der Waals surface area contributed by atoms with E-state index in [1.807, 2.05) is 0 Å². The zero-order valence-electron chi connectivity index (χ0n) is 16.4. The van der Waals surface area contributed by atoms with Crippen molar-refractivity contribution in [2.75, 3.05) is 5.32 Å². The number of fused-ring (bicyclic) bond motifs is 1. The minimum atomic E-state index is -1.19. The van der Waals surface area contributed by atoms with Gasteiger partial charge < -0.3 is 14.8 Å². The number of anilines is 1. The Morgan fingerprint density at radius 2 is 1.71 bits per heavy atom. The fraction of sp³-hybridized carbons (Fsp3) is 0.0833. The van der Waals surface area contributed by atoms with E-state index < -0.39 is 29.1 Å². The normalized spacial score (nSPS) is 12.0. The topological polar surface area (TPSA) is 79.5 Å². The van der Waals surface area contributed by atoms with Gasteiger partial charge in [-0.3, -0.25) is 4.79 Å². The largest absolute Gasteiger partial charge is 0.478 e. The van der Waals surface area contributed by atoms with E-state index >= 15 is 0 Å². The Balaban J connectivity index is 1.90. The van der Waals surface area contributed by atoms with Gasteiger partial charge in [-0.05, 0) is 25.1 Å². The molecule has 0 unspecified atom stereocenters. The zero-order chi connectivity index (χ0) is 22.1. The molecule has 7 heteroatoms. The SMILES string of the molecule is C[C@@H](Nc1ccccc1C(=O)O)c1c(F)c(F)cc2c(=O)cc(-c3ccccc3)oc12. The summed E-state index contributed by atoms with van der Waals surface area (Å²) in [6.45, 7) is 1.53. The molecule has 1 atom stereocenters. The number of rotatable bonds is 5. The van der Waals surface area contributed by atoms with E-state index in [0.717, 1.165) is 6.07 Å². The molecule has 3 aromatic carbocycles. The quantitative estimate of drug-likeness (QED) is 0.438. The number of para-hydroxylation sites is 1. The van der Waals surface area contributed by atoms with Gasteiger partial charge in [-0.15, -0.1) is 0 Å². The molecule has 4 rings (SSSR count). The fourth-order valence-corrected chi connectivity index (χ4v) is 3.49. The molecule has 4 aromatic rings. The van der Waals surface area contributed by atoms with Gasteiger partial charge in [0.25, 0.3) is 0 Å². The molecule has 0 aliphatic heterocycles. The van der Waals surface area contributed by atoms with Crippen LogP contribution in [0.4, 0.5) is 14.5 Å². The van der Waals surface area contributed by atoms with E-state index in [1.54, 1.807) is 42.5 Å². The van der Waals surface area contributed by atoms with Crippen molar-refractivity contribution in [1.29, 1.82) is 0 Å². The van der Waals surface area contributed by atoms with Crippen LogP contribution in [0.1, 0.15) is 28.9 Å². The van der Waals surface area contributed by atoms with E-state index in [4.69, 9.17) is 4.42 Å². The van der Waals surface area contributed by atoms with Crippen LogP contribution < -0.4 is 10.7 Å². The van der Waals surface area contributed by atoms with E-state index in [9.17, 15) is 23.5 Å². The monoisotopic (exact) mass is 421 g/mol. The molecule has 0 aliphatic rings. The third kappa shape index (κ3) is 3.77. The van der Waals surface area contributed by atoms with Crippen LogP contribution in [0.2, 0.25) is 0 Å². The van der Waals surface area contributed by atoms with Gasteiger partial charge >= 0.3 is 5.97 Å². The molecule has 156 valence electrons. The van der Waals surface area contributed by atoms with E-state index in [2.05, 4.69) is 5.32 Å². The number of hydrogen-bond donors (Lipinski definition) is 2. The molecule has 0 saturated carbocycles. The highest BCUT2D eigenvalue weighted by Crippen LogP contribution is 2.33. The minimum Gasteiger partial charge on any atom is -0.478 e. The highest BCUT2D eigenvalue weighted by Gasteiger charge is 2.24. The summed E-state index contributed by atoms with van der Waals surface area (Å²) < 4.78 is 35.1. The summed E-state index contributed by atoms with van der Waals surface area (Å²) in [5, 5.41) is 12.2. The average Bonchev–Trinajstić information content (AvgIpc) is 2.76. The predicted molar refractivity (Wildman–Crippen MR) is 113 cm³/mol. The molecule has 1 aromatic heterocycles. The van der Waals surface area contributed by atoms with E-state index in [1.165, 1.54) is 25.1 Å². The number of halogens is 2. The number of carbonyl (C=O) groups is 1. The van der Waals surface area contributed by atoms with Crippen molar-refractivity contribution in [3.63, 3.8) is 0 Å². The number of carboxylic acids is 1. The van der Waals surface area contributed by atoms with Gasteiger partial charge in [-0.1, -0.05) is 42.5 Å². The number of hydrogen-bond acceptors (Lipinski definition) is 4. The van der Waals surface area contributed by atoms with Crippen LogP contribution in [0.15, 0.2) is 75.9 Å². The van der Waals surface area contributed by atoms with E-state index in [0.29, 0.717) is 5.56 Å². The van der Waals surface area contributed by atoms with Crippen molar-refractivity contribution in [2.24, 2.45) is 0 Å². The smallest absolute Gasteiger partial charge is 0.337 e. The lowest BCUT2D eigenvalue weighted by Gasteiger charge is -2.19. The number of nitrogens with one attached hydrogen (secondary N) is 1. The summed E-state index contributed by atoms with van der Waals surface area (Å²) in [6, 6.07) is 16.0. The molecule has 0 aliphatic carbocycles. The van der Waals surface area contributed by atoms with Gasteiger partial charge in [0.15, 0.2) is 17.1 Å². The molecular formula is C24H17F2NO4. The Bertz CT molecular complexity index is 1350. The summed E-state index contributed by atoms with van der Waals surface area (Å²) in [5.41, 5.74) is -0.0155. The summed E-state index contributed by atoms with van der Waals surface area (Å²) >= 11 is 0. The van der Waals surface area contributed by atoms with Crippen molar-refractivity contribution in [1.82, 2.24) is 0 Å². The van der Waals surface area contributed by atoms with Crippen molar-refractivity contribution in [3.05, 3.63) is 99.7 Å². The van der Waals surface area contributed by atoms with Gasteiger partial charge in [0.2, 0.25) is 0 Å². The molecule has 0 spiro atoms. The van der Waals surface area contributed by atoms with Gasteiger partial charge in [-0.2, -0.15) is 0 Å². The Morgan fingerprint density at radius 3 is 2.42 bits per heavy atom. The lowest BCUT2D eigenvalue weighted by Crippen LogP contribution is -2.15. The molecule has 5 nitrogen and oxygen atoms in total. The van der Waals surface area contributed by atoms with Gasteiger partial charge in [0.1, 0.15) is 11.3 Å². The third-order valence-corrected chi connectivity index (χ3v) is 4.97. The maximum Gasteiger partial charge on any atom is 0.337 e. The Hall–Kier alpha value is -4.00. The fourth-order valence-electron chi connectivity index (χ4n) is 3.49. The van der Waals surface area contributed by atoms with E-state index in [-0.39, 0.29) is 33.5 Å². The molecule has 1 heterocycles. The first-order valence-corrected chi connectivity index (χ1v) is 9.47. The van der Waals surface area contributed by atoms with Crippen LogP contribution in [0.5, 0.6) is 0 Å². The lowest BCUT2D eigenvalue weighted by atomic mass is 10.0. The average molecular weight is 421 g/mol. The number of aromatic carboxylic acids is 1. The van der Waals surface area contributed by atoms with Crippen LogP contribution >= 0.6 is 0 Å². The predicted octanol–water partition coefficient (Wildman–Crippen LogP) is 5.61. The van der Waals surface area contributed by atoms with Gasteiger partial charge in [-0.25, -0.2) is 13.6 Å². The first kappa shape index (κ1) is 20.3. The third-order valence-electron chi connectivity index (χ3n) is 4.97. The van der Waals surface area contributed by atoms with Gasteiger partial charge in [0.05, 0.1) is 22.6 Å². The molecular weight excluding hydrogens is 404 g/mol. The maximum absolute atomic E-state index is 14.9.